The number of aliphatic hydroxyl groups excluding tert-OH is 2. The van der Waals surface area contributed by atoms with Gasteiger partial charge in [0.1, 0.15) is 24.7 Å². The van der Waals surface area contributed by atoms with Gasteiger partial charge in [-0.15, -0.1) is 23.5 Å². The van der Waals surface area contributed by atoms with Crippen molar-refractivity contribution in [2.75, 3.05) is 24.7 Å². The van der Waals surface area contributed by atoms with Gasteiger partial charge in [-0.2, -0.15) is 0 Å². The molecular weight excluding hydrogens is 561 g/mol. The summed E-state index contributed by atoms with van der Waals surface area (Å²) < 4.78 is 11.8. The van der Waals surface area contributed by atoms with Crippen LogP contribution in [0.1, 0.15) is 38.3 Å². The number of ether oxygens (including phenoxy) is 2. The van der Waals surface area contributed by atoms with E-state index in [-0.39, 0.29) is 18.6 Å². The monoisotopic (exact) mass is 602 g/mol. The molecule has 0 saturated carbocycles. The van der Waals surface area contributed by atoms with E-state index in [9.17, 15) is 10.2 Å². The molecule has 0 aliphatic heterocycles. The third kappa shape index (κ3) is 9.84. The maximum atomic E-state index is 10.4. The van der Waals surface area contributed by atoms with E-state index in [1.165, 1.54) is 11.1 Å². The largest absolute Gasteiger partial charge is 0.491 e. The molecule has 0 aromatic heterocycles. The summed E-state index contributed by atoms with van der Waals surface area (Å²) in [4.78, 5) is 2.28. The quantitative estimate of drug-likeness (QED) is 0.126. The molecule has 0 aliphatic carbocycles. The average Bonchev–Trinajstić information content (AvgIpc) is 3.02. The Morgan fingerprint density at radius 1 is 0.595 bits per heavy atom. The number of hydrogen-bond donors (Lipinski definition) is 2. The van der Waals surface area contributed by atoms with Crippen LogP contribution in [0, 0.1) is 5.92 Å². The molecule has 42 heavy (non-hydrogen) atoms. The average molecular weight is 603 g/mol. The fraction of sp³-hybridized carbons (Fsp3) is 0.333. The van der Waals surface area contributed by atoms with Crippen LogP contribution in [-0.4, -0.2) is 47.1 Å². The highest BCUT2D eigenvalue weighted by Gasteiger charge is 2.30. The highest BCUT2D eigenvalue weighted by molar-refractivity contribution is 7.99. The van der Waals surface area contributed by atoms with Crippen molar-refractivity contribution in [3.63, 3.8) is 0 Å². The van der Waals surface area contributed by atoms with Crippen molar-refractivity contribution < 1.29 is 19.7 Å². The molecule has 2 N–H and O–H groups in total. The Morgan fingerprint density at radius 2 is 0.976 bits per heavy atom. The summed E-state index contributed by atoms with van der Waals surface area (Å²) in [6.07, 6.45) is -0.116. The zero-order valence-electron chi connectivity index (χ0n) is 24.7. The Kier molecular flexibility index (Phi) is 12.3. The Bertz CT molecular complexity index is 1220. The lowest BCUT2D eigenvalue weighted by Gasteiger charge is -2.33. The van der Waals surface area contributed by atoms with E-state index < -0.39 is 12.2 Å². The van der Waals surface area contributed by atoms with Crippen LogP contribution in [0.3, 0.4) is 0 Å². The van der Waals surface area contributed by atoms with Gasteiger partial charge in [-0.1, -0.05) is 81.4 Å². The summed E-state index contributed by atoms with van der Waals surface area (Å²) >= 11 is 3.25. The van der Waals surface area contributed by atoms with E-state index in [4.69, 9.17) is 9.47 Å². The zero-order valence-corrected chi connectivity index (χ0v) is 26.3. The molecule has 0 radical (unpaired) electrons. The number of rotatable bonds is 16. The van der Waals surface area contributed by atoms with Crippen LogP contribution in [0.5, 0.6) is 11.5 Å². The highest BCUT2D eigenvalue weighted by atomic mass is 32.2. The van der Waals surface area contributed by atoms with Gasteiger partial charge in [-0.25, -0.2) is 0 Å². The van der Waals surface area contributed by atoms with E-state index >= 15 is 0 Å². The van der Waals surface area contributed by atoms with Crippen molar-refractivity contribution in [1.29, 1.82) is 0 Å². The summed E-state index contributed by atoms with van der Waals surface area (Å²) in [5.74, 6) is 3.17. The molecule has 0 spiro atoms. The lowest BCUT2D eigenvalue weighted by molar-refractivity contribution is 0.126. The fourth-order valence-electron chi connectivity index (χ4n) is 4.96. The SMILES string of the molecule is CC(C)CC(C)(c1ccc(OCC(O)CSc2ccccc2)cc1)c1ccc(OCC(O)CSc2ccccc2)cc1. The molecule has 4 aromatic carbocycles. The molecular formula is C36H42O4S2. The normalized spacial score (nSPS) is 14.2. The Morgan fingerprint density at radius 3 is 1.33 bits per heavy atom. The van der Waals surface area contributed by atoms with Gasteiger partial charge in [0, 0.05) is 26.7 Å². The second kappa shape index (κ2) is 16.1. The molecule has 0 heterocycles. The van der Waals surface area contributed by atoms with Crippen LogP contribution in [0.2, 0.25) is 0 Å². The van der Waals surface area contributed by atoms with Crippen molar-refractivity contribution in [2.24, 2.45) is 5.92 Å². The van der Waals surface area contributed by atoms with Crippen LogP contribution < -0.4 is 9.47 Å². The molecule has 4 aromatic rings. The van der Waals surface area contributed by atoms with Gasteiger partial charge in [-0.05, 0) is 72.0 Å². The molecule has 4 nitrogen and oxygen atoms in total. The summed E-state index contributed by atoms with van der Waals surface area (Å²) in [6, 6.07) is 36.7. The maximum Gasteiger partial charge on any atom is 0.119 e. The molecule has 0 saturated heterocycles. The number of hydrogen-bond acceptors (Lipinski definition) is 6. The predicted molar refractivity (Wildman–Crippen MR) is 176 cm³/mol. The van der Waals surface area contributed by atoms with Gasteiger partial charge in [-0.3, -0.25) is 0 Å². The van der Waals surface area contributed by atoms with Crippen molar-refractivity contribution in [3.05, 3.63) is 120 Å². The van der Waals surface area contributed by atoms with Crippen LogP contribution in [-0.2, 0) is 5.41 Å². The van der Waals surface area contributed by atoms with E-state index in [2.05, 4.69) is 45.0 Å². The van der Waals surface area contributed by atoms with Crippen LogP contribution in [0.15, 0.2) is 119 Å². The summed E-state index contributed by atoms with van der Waals surface area (Å²) in [5, 5.41) is 20.8. The molecule has 4 rings (SSSR count). The third-order valence-electron chi connectivity index (χ3n) is 7.06. The van der Waals surface area contributed by atoms with E-state index in [0.29, 0.717) is 17.4 Å². The van der Waals surface area contributed by atoms with Crippen molar-refractivity contribution in [1.82, 2.24) is 0 Å². The van der Waals surface area contributed by atoms with Gasteiger partial charge >= 0.3 is 0 Å². The lowest BCUT2D eigenvalue weighted by atomic mass is 9.71. The summed E-state index contributed by atoms with van der Waals surface area (Å²) in [5.41, 5.74) is 2.24. The van der Waals surface area contributed by atoms with Gasteiger partial charge in [0.2, 0.25) is 0 Å². The standard InChI is InChI=1S/C36H42O4S2/c1-27(2)22-36(3,28-14-18-32(19-15-28)39-23-30(37)25-41-34-10-6-4-7-11-34)29-16-20-33(21-17-29)40-24-31(38)26-42-35-12-8-5-9-13-35/h4-21,27,30-31,37-38H,22-26H2,1-3H3. The van der Waals surface area contributed by atoms with Crippen LogP contribution in [0.4, 0.5) is 0 Å². The Hall–Kier alpha value is -2.90. The van der Waals surface area contributed by atoms with Gasteiger partial charge in [0.25, 0.3) is 0 Å². The smallest absolute Gasteiger partial charge is 0.119 e. The van der Waals surface area contributed by atoms with E-state index in [1.54, 1.807) is 23.5 Å². The van der Waals surface area contributed by atoms with Crippen LogP contribution >= 0.6 is 23.5 Å². The molecule has 0 bridgehead atoms. The molecule has 0 fully saturated rings. The molecule has 6 heteroatoms. The minimum atomic E-state index is -0.550. The van der Waals surface area contributed by atoms with Gasteiger partial charge < -0.3 is 19.7 Å². The summed E-state index contributed by atoms with van der Waals surface area (Å²) in [7, 11) is 0. The van der Waals surface area contributed by atoms with Crippen molar-refractivity contribution in [2.45, 2.75) is 54.6 Å². The number of thioether (sulfide) groups is 2. The molecule has 0 amide bonds. The topological polar surface area (TPSA) is 58.9 Å². The van der Waals surface area contributed by atoms with Gasteiger partial charge in [0.05, 0.1) is 12.2 Å². The summed E-state index contributed by atoms with van der Waals surface area (Å²) in [6.45, 7) is 7.29. The number of benzene rings is 4. The molecule has 2 atom stereocenters. The minimum absolute atomic E-state index is 0.192. The Labute approximate surface area is 259 Å². The Balaban J connectivity index is 1.32. The first kappa shape index (κ1) is 32.0. The maximum absolute atomic E-state index is 10.4. The van der Waals surface area contributed by atoms with E-state index in [0.717, 1.165) is 27.7 Å². The number of aliphatic hydroxyl groups is 2. The fourth-order valence-corrected chi connectivity index (χ4v) is 6.62. The minimum Gasteiger partial charge on any atom is -0.491 e. The first-order valence-corrected chi connectivity index (χ1v) is 16.5. The third-order valence-corrected chi connectivity index (χ3v) is 9.37. The molecule has 2 unspecified atom stereocenters. The highest BCUT2D eigenvalue weighted by Crippen LogP contribution is 2.39. The first-order valence-electron chi connectivity index (χ1n) is 14.5. The van der Waals surface area contributed by atoms with Crippen molar-refractivity contribution >= 4 is 23.5 Å². The van der Waals surface area contributed by atoms with Crippen molar-refractivity contribution in [3.8, 4) is 11.5 Å². The van der Waals surface area contributed by atoms with E-state index in [1.807, 2.05) is 84.9 Å². The van der Waals surface area contributed by atoms with Gasteiger partial charge in [0.15, 0.2) is 0 Å². The first-order chi connectivity index (χ1) is 20.3. The lowest BCUT2D eigenvalue weighted by Crippen LogP contribution is -2.26. The second-order valence-corrected chi connectivity index (χ2v) is 13.3. The van der Waals surface area contributed by atoms with Crippen LogP contribution in [0.25, 0.3) is 0 Å². The second-order valence-electron chi connectivity index (χ2n) is 11.2. The molecule has 222 valence electrons. The molecule has 0 aliphatic rings. The predicted octanol–water partition coefficient (Wildman–Crippen LogP) is 8.10. The zero-order chi connectivity index (χ0) is 29.8.